The molecule has 0 bridgehead atoms. The molecule has 1 rings (SSSR count). The van der Waals surface area contributed by atoms with E-state index in [4.69, 9.17) is 9.47 Å². The van der Waals surface area contributed by atoms with Crippen LogP contribution in [-0.4, -0.2) is 18.9 Å². The zero-order valence-electron chi connectivity index (χ0n) is 9.60. The molecule has 1 N–H and O–H groups in total. The van der Waals surface area contributed by atoms with Gasteiger partial charge in [0.15, 0.2) is 0 Å². The second-order valence-electron chi connectivity index (χ2n) is 3.60. The Hall–Kier alpha value is -1.55. The van der Waals surface area contributed by atoms with Crippen molar-refractivity contribution in [3.63, 3.8) is 0 Å². The van der Waals surface area contributed by atoms with Crippen LogP contribution < -0.4 is 5.32 Å². The molecule has 4 heteroatoms. The van der Waals surface area contributed by atoms with E-state index in [0.717, 1.165) is 5.56 Å². The molecular formula is C12H17NO3. The Morgan fingerprint density at radius 3 is 2.62 bits per heavy atom. The number of alkyl carbamates (subject to hydrolysis) is 1. The van der Waals surface area contributed by atoms with Gasteiger partial charge in [-0.05, 0) is 19.4 Å². The minimum absolute atomic E-state index is 0.0921. The van der Waals surface area contributed by atoms with Crippen molar-refractivity contribution >= 4 is 6.09 Å². The van der Waals surface area contributed by atoms with Gasteiger partial charge in [-0.15, -0.1) is 0 Å². The molecule has 0 aliphatic rings. The maximum atomic E-state index is 11.2. The molecule has 0 saturated heterocycles. The lowest BCUT2D eigenvalue weighted by Gasteiger charge is -2.09. The van der Waals surface area contributed by atoms with Crippen LogP contribution in [-0.2, 0) is 16.1 Å². The van der Waals surface area contributed by atoms with Crippen LogP contribution in [0, 0.1) is 0 Å². The first kappa shape index (κ1) is 12.5. The highest BCUT2D eigenvalue weighted by Crippen LogP contribution is 2.00. The molecule has 1 amide bonds. The van der Waals surface area contributed by atoms with Gasteiger partial charge < -0.3 is 9.47 Å². The van der Waals surface area contributed by atoms with Crippen molar-refractivity contribution in [3.05, 3.63) is 35.9 Å². The Kier molecular flexibility index (Phi) is 5.36. The molecule has 0 unspecified atom stereocenters. The largest absolute Gasteiger partial charge is 0.445 e. The van der Waals surface area contributed by atoms with Gasteiger partial charge in [0.05, 0.1) is 6.10 Å². The SMILES string of the molecule is CC(C)OCNC(=O)OCc1ccccc1. The van der Waals surface area contributed by atoms with Crippen LogP contribution in [0.5, 0.6) is 0 Å². The number of carbonyl (C=O) groups is 1. The fraction of sp³-hybridized carbons (Fsp3) is 0.417. The predicted octanol–water partition coefficient (Wildman–Crippen LogP) is 2.30. The van der Waals surface area contributed by atoms with E-state index >= 15 is 0 Å². The molecule has 0 aliphatic heterocycles. The molecule has 0 fully saturated rings. The maximum Gasteiger partial charge on any atom is 0.409 e. The van der Waals surface area contributed by atoms with E-state index in [2.05, 4.69) is 5.32 Å². The number of hydrogen-bond donors (Lipinski definition) is 1. The van der Waals surface area contributed by atoms with E-state index in [1.54, 1.807) is 0 Å². The third-order valence-electron chi connectivity index (χ3n) is 1.85. The van der Waals surface area contributed by atoms with Crippen molar-refractivity contribution < 1.29 is 14.3 Å². The van der Waals surface area contributed by atoms with Gasteiger partial charge in [0.25, 0.3) is 0 Å². The first-order chi connectivity index (χ1) is 7.68. The van der Waals surface area contributed by atoms with Gasteiger partial charge in [-0.25, -0.2) is 4.79 Å². The summed E-state index contributed by atoms with van der Waals surface area (Å²) in [6, 6.07) is 9.52. The molecule has 0 saturated carbocycles. The van der Waals surface area contributed by atoms with E-state index in [1.165, 1.54) is 0 Å². The summed E-state index contributed by atoms with van der Waals surface area (Å²) in [6.07, 6.45) is -0.376. The summed E-state index contributed by atoms with van der Waals surface area (Å²) >= 11 is 0. The summed E-state index contributed by atoms with van der Waals surface area (Å²) in [6.45, 7) is 4.24. The van der Waals surface area contributed by atoms with Crippen molar-refractivity contribution in [2.24, 2.45) is 0 Å². The molecule has 16 heavy (non-hydrogen) atoms. The Bertz CT molecular complexity index is 311. The second kappa shape index (κ2) is 6.85. The van der Waals surface area contributed by atoms with Gasteiger partial charge in [-0.3, -0.25) is 5.32 Å². The minimum Gasteiger partial charge on any atom is -0.445 e. The Morgan fingerprint density at radius 1 is 1.31 bits per heavy atom. The third-order valence-corrected chi connectivity index (χ3v) is 1.85. The molecule has 0 radical (unpaired) electrons. The Labute approximate surface area is 95.6 Å². The smallest absolute Gasteiger partial charge is 0.409 e. The van der Waals surface area contributed by atoms with Gasteiger partial charge in [0, 0.05) is 0 Å². The number of hydrogen-bond acceptors (Lipinski definition) is 3. The highest BCUT2D eigenvalue weighted by molar-refractivity contribution is 5.66. The molecule has 4 nitrogen and oxygen atoms in total. The van der Waals surface area contributed by atoms with Crippen LogP contribution in [0.2, 0.25) is 0 Å². The van der Waals surface area contributed by atoms with E-state index in [1.807, 2.05) is 44.2 Å². The number of rotatable bonds is 5. The lowest BCUT2D eigenvalue weighted by molar-refractivity contribution is 0.0568. The zero-order chi connectivity index (χ0) is 11.8. The van der Waals surface area contributed by atoms with E-state index in [-0.39, 0.29) is 19.4 Å². The normalized spacial score (nSPS) is 10.2. The molecule has 88 valence electrons. The van der Waals surface area contributed by atoms with Gasteiger partial charge in [-0.2, -0.15) is 0 Å². The molecule has 0 spiro atoms. The topological polar surface area (TPSA) is 47.6 Å². The molecule has 0 atom stereocenters. The lowest BCUT2D eigenvalue weighted by atomic mass is 10.2. The summed E-state index contributed by atoms with van der Waals surface area (Å²) in [4.78, 5) is 11.2. The number of benzene rings is 1. The monoisotopic (exact) mass is 223 g/mol. The molecule has 0 aliphatic carbocycles. The van der Waals surface area contributed by atoms with E-state index in [9.17, 15) is 4.79 Å². The maximum absolute atomic E-state index is 11.2. The van der Waals surface area contributed by atoms with Crippen molar-refractivity contribution in [1.29, 1.82) is 0 Å². The summed E-state index contributed by atoms with van der Waals surface area (Å²) in [5.41, 5.74) is 0.961. The highest BCUT2D eigenvalue weighted by Gasteiger charge is 2.02. The number of nitrogens with one attached hydrogen (secondary N) is 1. The highest BCUT2D eigenvalue weighted by atomic mass is 16.6. The van der Waals surface area contributed by atoms with Crippen LogP contribution in [0.3, 0.4) is 0 Å². The quantitative estimate of drug-likeness (QED) is 0.779. The van der Waals surface area contributed by atoms with Crippen LogP contribution in [0.1, 0.15) is 19.4 Å². The fourth-order valence-corrected chi connectivity index (χ4v) is 1.04. The molecule has 1 aromatic carbocycles. The van der Waals surface area contributed by atoms with Gasteiger partial charge in [0.2, 0.25) is 0 Å². The van der Waals surface area contributed by atoms with E-state index < -0.39 is 6.09 Å². The third kappa shape index (κ3) is 5.36. The molecule has 0 heterocycles. The summed E-state index contributed by atoms with van der Waals surface area (Å²) in [5, 5.41) is 2.50. The molecule has 1 aromatic rings. The van der Waals surface area contributed by atoms with Crippen LogP contribution in [0.25, 0.3) is 0 Å². The minimum atomic E-state index is -0.468. The molecule has 0 aromatic heterocycles. The van der Waals surface area contributed by atoms with Gasteiger partial charge in [0.1, 0.15) is 13.3 Å². The van der Waals surface area contributed by atoms with Gasteiger partial charge in [-0.1, -0.05) is 30.3 Å². The zero-order valence-corrected chi connectivity index (χ0v) is 9.60. The molecular weight excluding hydrogens is 206 g/mol. The predicted molar refractivity (Wildman–Crippen MR) is 60.9 cm³/mol. The Balaban J connectivity index is 2.16. The lowest BCUT2D eigenvalue weighted by Crippen LogP contribution is -2.28. The van der Waals surface area contributed by atoms with E-state index in [0.29, 0.717) is 0 Å². The van der Waals surface area contributed by atoms with Crippen molar-refractivity contribution in [1.82, 2.24) is 5.32 Å². The number of amides is 1. The van der Waals surface area contributed by atoms with Crippen LogP contribution in [0.15, 0.2) is 30.3 Å². The number of ether oxygens (including phenoxy) is 2. The van der Waals surface area contributed by atoms with Gasteiger partial charge >= 0.3 is 6.09 Å². The van der Waals surface area contributed by atoms with Crippen molar-refractivity contribution in [3.8, 4) is 0 Å². The van der Waals surface area contributed by atoms with Crippen molar-refractivity contribution in [2.75, 3.05) is 6.73 Å². The van der Waals surface area contributed by atoms with Crippen molar-refractivity contribution in [2.45, 2.75) is 26.6 Å². The van der Waals surface area contributed by atoms with Crippen LogP contribution in [0.4, 0.5) is 4.79 Å². The standard InChI is InChI=1S/C12H17NO3/c1-10(2)16-9-13-12(14)15-8-11-6-4-3-5-7-11/h3-7,10H,8-9H2,1-2H3,(H,13,14). The summed E-state index contributed by atoms with van der Waals surface area (Å²) < 4.78 is 10.1. The fourth-order valence-electron chi connectivity index (χ4n) is 1.04. The Morgan fingerprint density at radius 2 is 2.00 bits per heavy atom. The van der Waals surface area contributed by atoms with Crippen LogP contribution >= 0.6 is 0 Å². The average molecular weight is 223 g/mol. The number of carbonyl (C=O) groups excluding carboxylic acids is 1. The average Bonchev–Trinajstić information content (AvgIpc) is 2.27. The first-order valence-corrected chi connectivity index (χ1v) is 5.24. The first-order valence-electron chi connectivity index (χ1n) is 5.24. The summed E-state index contributed by atoms with van der Waals surface area (Å²) in [7, 11) is 0. The second-order valence-corrected chi connectivity index (χ2v) is 3.60. The summed E-state index contributed by atoms with van der Waals surface area (Å²) in [5.74, 6) is 0.